The second-order valence-corrected chi connectivity index (χ2v) is 6.48. The summed E-state index contributed by atoms with van der Waals surface area (Å²) in [7, 11) is 0. The molecule has 7 nitrogen and oxygen atoms in total. The second-order valence-electron chi connectivity index (χ2n) is 6.48. The van der Waals surface area contributed by atoms with Crippen LogP contribution in [0.15, 0.2) is 72.0 Å². The summed E-state index contributed by atoms with van der Waals surface area (Å²) in [4.78, 5) is 29.5. The standard InChI is InChI=1S/C21H19N5O2/c1-15-6-4-7-16-20(15)22-14-25(21(16)28)13-10-19(27)24-17-8-2-3-9-18(17)26-12-5-11-23-26/h2-9,11-12,14H,10,13H2,1H3,(H,24,27). The van der Waals surface area contributed by atoms with E-state index in [1.54, 1.807) is 16.9 Å². The smallest absolute Gasteiger partial charge is 0.261 e. The average Bonchev–Trinajstić information content (AvgIpc) is 3.23. The van der Waals surface area contributed by atoms with Gasteiger partial charge in [-0.1, -0.05) is 24.3 Å². The van der Waals surface area contributed by atoms with Gasteiger partial charge in [-0.2, -0.15) is 5.10 Å². The van der Waals surface area contributed by atoms with Gasteiger partial charge >= 0.3 is 0 Å². The maximum absolute atomic E-state index is 12.6. The molecule has 2 heterocycles. The van der Waals surface area contributed by atoms with Gasteiger partial charge in [0.05, 0.1) is 28.6 Å². The zero-order valence-electron chi connectivity index (χ0n) is 15.4. The van der Waals surface area contributed by atoms with Crippen molar-refractivity contribution in [2.24, 2.45) is 0 Å². The first-order valence-corrected chi connectivity index (χ1v) is 8.97. The van der Waals surface area contributed by atoms with Crippen LogP contribution in [0, 0.1) is 6.92 Å². The molecule has 0 fully saturated rings. The molecule has 0 aliphatic rings. The van der Waals surface area contributed by atoms with Gasteiger partial charge in [-0.3, -0.25) is 14.2 Å². The lowest BCUT2D eigenvalue weighted by Gasteiger charge is -2.12. The number of aromatic nitrogens is 4. The number of hydrogen-bond donors (Lipinski definition) is 1. The number of nitrogens with one attached hydrogen (secondary N) is 1. The molecule has 0 radical (unpaired) electrons. The maximum atomic E-state index is 12.6. The van der Waals surface area contributed by atoms with Crippen LogP contribution >= 0.6 is 0 Å². The summed E-state index contributed by atoms with van der Waals surface area (Å²) in [6, 6.07) is 14.8. The first kappa shape index (κ1) is 17.7. The van der Waals surface area contributed by atoms with Gasteiger partial charge in [0.2, 0.25) is 5.91 Å². The molecule has 2 aromatic carbocycles. The van der Waals surface area contributed by atoms with Crippen LogP contribution in [-0.2, 0) is 11.3 Å². The summed E-state index contributed by atoms with van der Waals surface area (Å²) in [5.41, 5.74) is 2.95. The maximum Gasteiger partial charge on any atom is 0.261 e. The molecule has 1 amide bonds. The molecule has 140 valence electrons. The highest BCUT2D eigenvalue weighted by Gasteiger charge is 2.10. The molecule has 0 aliphatic carbocycles. The highest BCUT2D eigenvalue weighted by atomic mass is 16.2. The molecule has 0 saturated carbocycles. The molecule has 0 unspecified atom stereocenters. The number of carbonyl (C=O) groups excluding carboxylic acids is 1. The van der Waals surface area contributed by atoms with Crippen molar-refractivity contribution in [1.82, 2.24) is 19.3 Å². The van der Waals surface area contributed by atoms with Crippen molar-refractivity contribution < 1.29 is 4.79 Å². The summed E-state index contributed by atoms with van der Waals surface area (Å²) in [5, 5.41) is 7.67. The zero-order chi connectivity index (χ0) is 19.5. The van der Waals surface area contributed by atoms with Gasteiger partial charge in [-0.05, 0) is 36.8 Å². The van der Waals surface area contributed by atoms with Crippen molar-refractivity contribution in [2.45, 2.75) is 19.9 Å². The van der Waals surface area contributed by atoms with Crippen LogP contribution < -0.4 is 10.9 Å². The van der Waals surface area contributed by atoms with Crippen LogP contribution in [0.25, 0.3) is 16.6 Å². The molecular weight excluding hydrogens is 354 g/mol. The number of hydrogen-bond acceptors (Lipinski definition) is 4. The molecule has 0 atom stereocenters. The van der Waals surface area contributed by atoms with E-state index in [2.05, 4.69) is 15.4 Å². The Balaban J connectivity index is 1.50. The molecule has 0 aliphatic heterocycles. The highest BCUT2D eigenvalue weighted by Crippen LogP contribution is 2.19. The highest BCUT2D eigenvalue weighted by molar-refractivity contribution is 5.92. The van der Waals surface area contributed by atoms with Gasteiger partial charge in [0.15, 0.2) is 0 Å². The van der Waals surface area contributed by atoms with E-state index in [0.717, 1.165) is 11.3 Å². The predicted molar refractivity (Wildman–Crippen MR) is 108 cm³/mol. The topological polar surface area (TPSA) is 81.8 Å². The van der Waals surface area contributed by atoms with Crippen molar-refractivity contribution >= 4 is 22.5 Å². The van der Waals surface area contributed by atoms with Gasteiger partial charge < -0.3 is 5.32 Å². The van der Waals surface area contributed by atoms with Gasteiger partial charge in [0.1, 0.15) is 0 Å². The molecule has 28 heavy (non-hydrogen) atoms. The van der Waals surface area contributed by atoms with Gasteiger partial charge in [0, 0.05) is 25.4 Å². The molecule has 4 rings (SSSR count). The van der Waals surface area contributed by atoms with Crippen molar-refractivity contribution in [3.05, 3.63) is 83.2 Å². The molecule has 1 N–H and O–H groups in total. The minimum Gasteiger partial charge on any atom is -0.324 e. The summed E-state index contributed by atoms with van der Waals surface area (Å²) in [5.74, 6) is -0.184. The third-order valence-corrected chi connectivity index (χ3v) is 4.56. The van der Waals surface area contributed by atoms with Crippen molar-refractivity contribution in [3.63, 3.8) is 0 Å². The number of para-hydroxylation sites is 3. The number of amides is 1. The van der Waals surface area contributed by atoms with Crippen LogP contribution in [0.2, 0.25) is 0 Å². The van der Waals surface area contributed by atoms with Crippen molar-refractivity contribution in [3.8, 4) is 5.69 Å². The zero-order valence-corrected chi connectivity index (χ0v) is 15.4. The van der Waals surface area contributed by atoms with E-state index in [1.165, 1.54) is 10.9 Å². The summed E-state index contributed by atoms with van der Waals surface area (Å²) in [6.45, 7) is 2.18. The predicted octanol–water partition coefficient (Wildman–Crippen LogP) is 2.92. The van der Waals surface area contributed by atoms with Crippen LogP contribution in [0.1, 0.15) is 12.0 Å². The first-order valence-electron chi connectivity index (χ1n) is 8.97. The normalized spacial score (nSPS) is 10.9. The second kappa shape index (κ2) is 7.48. The lowest BCUT2D eigenvalue weighted by atomic mass is 10.1. The summed E-state index contributed by atoms with van der Waals surface area (Å²) < 4.78 is 3.16. The molecule has 4 aromatic rings. The van der Waals surface area contributed by atoms with Crippen LogP contribution in [0.3, 0.4) is 0 Å². The van der Waals surface area contributed by atoms with E-state index in [4.69, 9.17) is 0 Å². The van der Waals surface area contributed by atoms with E-state index in [1.807, 2.05) is 55.6 Å². The Morgan fingerprint density at radius 3 is 2.79 bits per heavy atom. The van der Waals surface area contributed by atoms with E-state index in [9.17, 15) is 9.59 Å². The molecular formula is C21H19N5O2. The lowest BCUT2D eigenvalue weighted by molar-refractivity contribution is -0.116. The number of fused-ring (bicyclic) bond motifs is 1. The Kier molecular flexibility index (Phi) is 4.72. The largest absolute Gasteiger partial charge is 0.324 e. The number of rotatable bonds is 5. The lowest BCUT2D eigenvalue weighted by Crippen LogP contribution is -2.24. The molecule has 0 spiro atoms. The van der Waals surface area contributed by atoms with Crippen molar-refractivity contribution in [1.29, 1.82) is 0 Å². The van der Waals surface area contributed by atoms with Gasteiger partial charge in [0.25, 0.3) is 5.56 Å². The van der Waals surface area contributed by atoms with Crippen LogP contribution in [-0.4, -0.2) is 25.2 Å². The van der Waals surface area contributed by atoms with Crippen LogP contribution in [0.4, 0.5) is 5.69 Å². The fourth-order valence-corrected chi connectivity index (χ4v) is 3.12. The Hall–Kier alpha value is -3.74. The summed E-state index contributed by atoms with van der Waals surface area (Å²) in [6.07, 6.45) is 5.15. The number of benzene rings is 2. The van der Waals surface area contributed by atoms with E-state index < -0.39 is 0 Å². The Labute approximate surface area is 161 Å². The average molecular weight is 373 g/mol. The number of anilines is 1. The minimum atomic E-state index is -0.184. The number of nitrogens with zero attached hydrogens (tertiary/aromatic N) is 4. The van der Waals surface area contributed by atoms with E-state index in [0.29, 0.717) is 16.6 Å². The third-order valence-electron chi connectivity index (χ3n) is 4.56. The molecule has 0 bridgehead atoms. The number of aryl methyl sites for hydroxylation is 2. The number of carbonyl (C=O) groups is 1. The SMILES string of the molecule is Cc1cccc2c(=O)n(CCC(=O)Nc3ccccc3-n3cccn3)cnc12. The first-order chi connectivity index (χ1) is 13.6. The Bertz CT molecular complexity index is 1200. The fourth-order valence-electron chi connectivity index (χ4n) is 3.12. The molecule has 7 heteroatoms. The quantitative estimate of drug-likeness (QED) is 0.583. The molecule has 2 aromatic heterocycles. The minimum absolute atomic E-state index is 0.140. The Morgan fingerprint density at radius 2 is 1.96 bits per heavy atom. The summed E-state index contributed by atoms with van der Waals surface area (Å²) >= 11 is 0. The van der Waals surface area contributed by atoms with Gasteiger partial charge in [-0.25, -0.2) is 9.67 Å². The van der Waals surface area contributed by atoms with Gasteiger partial charge in [-0.15, -0.1) is 0 Å². The monoisotopic (exact) mass is 373 g/mol. The fraction of sp³-hybridized carbons (Fsp3) is 0.143. The van der Waals surface area contributed by atoms with E-state index in [-0.39, 0.29) is 24.4 Å². The van der Waals surface area contributed by atoms with Crippen molar-refractivity contribution in [2.75, 3.05) is 5.32 Å². The van der Waals surface area contributed by atoms with E-state index >= 15 is 0 Å². The third kappa shape index (κ3) is 3.42. The Morgan fingerprint density at radius 1 is 1.11 bits per heavy atom. The molecule has 0 saturated heterocycles. The van der Waals surface area contributed by atoms with Crippen LogP contribution in [0.5, 0.6) is 0 Å².